The first-order chi connectivity index (χ1) is 6.54. The van der Waals surface area contributed by atoms with E-state index in [9.17, 15) is 13.2 Å². The van der Waals surface area contributed by atoms with Crippen LogP contribution in [0.15, 0.2) is 0 Å². The van der Waals surface area contributed by atoms with Crippen LogP contribution < -0.4 is 5.32 Å². The highest BCUT2D eigenvalue weighted by Gasteiger charge is 2.23. The third-order valence-corrected chi connectivity index (χ3v) is 2.33. The lowest BCUT2D eigenvalue weighted by molar-refractivity contribution is -0.137. The summed E-state index contributed by atoms with van der Waals surface area (Å²) < 4.78 is 21.1. The van der Waals surface area contributed by atoms with Crippen molar-refractivity contribution in [2.45, 2.75) is 19.4 Å². The molecule has 0 aliphatic heterocycles. The highest BCUT2D eigenvalue weighted by Crippen LogP contribution is 1.89. The van der Waals surface area contributed by atoms with Gasteiger partial charge in [0.15, 0.2) is 0 Å². The fourth-order valence-electron chi connectivity index (χ4n) is 0.868. The Hall–Kier alpha value is -0.920. The molecule has 0 aliphatic carbocycles. The number of carboxylic acid groups (broad SMARTS) is 1. The number of carboxylic acids is 1. The van der Waals surface area contributed by atoms with Crippen LogP contribution in [0, 0.1) is 0 Å². The molecule has 0 unspecified atom stereocenters. The Labute approximate surface area is 83.1 Å². The van der Waals surface area contributed by atoms with Gasteiger partial charge in [-0.2, -0.15) is 8.42 Å². The second kappa shape index (κ2) is 6.52. The van der Waals surface area contributed by atoms with Crippen LogP contribution in [-0.4, -0.2) is 48.7 Å². The van der Waals surface area contributed by atoms with Crippen molar-refractivity contribution in [1.29, 1.82) is 0 Å². The molecule has 3 N–H and O–H groups in total. The molecule has 0 aliphatic rings. The van der Waals surface area contributed by atoms with Gasteiger partial charge in [-0.1, -0.05) is 6.92 Å². The summed E-state index contributed by atoms with van der Waals surface area (Å²) in [5.74, 6) is -1.31. The minimum Gasteiger partial charge on any atom is -0.480 e. The van der Waals surface area contributed by atoms with Gasteiger partial charge in [0.1, 0.15) is 10.9 Å². The second-order valence-corrected chi connectivity index (χ2v) is 3.58. The van der Waals surface area contributed by atoms with E-state index < -0.39 is 33.8 Å². The molecule has 0 radical (unpaired) electrons. The van der Waals surface area contributed by atoms with E-state index >= 15 is 0 Å². The molecule has 6 nitrogen and oxygen atoms in total. The SMILES string of the molecule is CCCN[C@H](C(=O)O)C(CO)=S(=O)=O. The van der Waals surface area contributed by atoms with Crippen molar-refractivity contribution in [3.8, 4) is 0 Å². The van der Waals surface area contributed by atoms with Gasteiger partial charge in [-0.25, -0.2) is 0 Å². The summed E-state index contributed by atoms with van der Waals surface area (Å²) in [7, 11) is -2.68. The summed E-state index contributed by atoms with van der Waals surface area (Å²) in [6.07, 6.45) is 0.675. The molecule has 1 atom stereocenters. The predicted octanol–water partition coefficient (Wildman–Crippen LogP) is -1.52. The maximum atomic E-state index is 10.6. The molecule has 0 bridgehead atoms. The topological polar surface area (TPSA) is 104 Å². The molecule has 0 amide bonds. The van der Waals surface area contributed by atoms with Gasteiger partial charge in [0.05, 0.1) is 6.61 Å². The highest BCUT2D eigenvalue weighted by molar-refractivity contribution is 7.73. The van der Waals surface area contributed by atoms with E-state index in [4.69, 9.17) is 10.2 Å². The van der Waals surface area contributed by atoms with E-state index in [1.807, 2.05) is 6.92 Å². The Kier molecular flexibility index (Phi) is 6.09. The second-order valence-electron chi connectivity index (χ2n) is 2.58. The minimum absolute atomic E-state index is 0.373. The van der Waals surface area contributed by atoms with E-state index in [0.29, 0.717) is 13.0 Å². The number of aliphatic hydroxyl groups excluding tert-OH is 1. The molecule has 0 saturated heterocycles. The Bertz CT molecular complexity index is 313. The lowest BCUT2D eigenvalue weighted by Crippen LogP contribution is -2.45. The quantitative estimate of drug-likeness (QED) is 0.473. The Morgan fingerprint density at radius 3 is 2.36 bits per heavy atom. The van der Waals surface area contributed by atoms with Gasteiger partial charge >= 0.3 is 5.97 Å². The van der Waals surface area contributed by atoms with Crippen molar-refractivity contribution < 1.29 is 23.4 Å². The molecular formula is C7H13NO5S. The van der Waals surface area contributed by atoms with Gasteiger partial charge in [0.2, 0.25) is 10.3 Å². The smallest absolute Gasteiger partial charge is 0.326 e. The maximum absolute atomic E-state index is 10.6. The van der Waals surface area contributed by atoms with E-state index in [0.717, 1.165) is 0 Å². The molecule has 0 heterocycles. The van der Waals surface area contributed by atoms with Gasteiger partial charge in [-0.05, 0) is 13.0 Å². The molecule has 0 aromatic heterocycles. The predicted molar refractivity (Wildman–Crippen MR) is 50.7 cm³/mol. The van der Waals surface area contributed by atoms with Crippen molar-refractivity contribution in [2.24, 2.45) is 0 Å². The maximum Gasteiger partial charge on any atom is 0.326 e. The Morgan fingerprint density at radius 2 is 2.07 bits per heavy atom. The van der Waals surface area contributed by atoms with Crippen LogP contribution in [0.3, 0.4) is 0 Å². The zero-order valence-electron chi connectivity index (χ0n) is 7.73. The van der Waals surface area contributed by atoms with Crippen molar-refractivity contribution in [3.05, 3.63) is 0 Å². The minimum atomic E-state index is -2.68. The summed E-state index contributed by atoms with van der Waals surface area (Å²) in [4.78, 5) is 10.2. The number of hydrogen-bond donors (Lipinski definition) is 3. The Morgan fingerprint density at radius 1 is 1.50 bits per heavy atom. The molecule has 0 aromatic carbocycles. The van der Waals surface area contributed by atoms with Crippen LogP contribution in [0.5, 0.6) is 0 Å². The number of hydrogen-bond acceptors (Lipinski definition) is 5. The first-order valence-electron chi connectivity index (χ1n) is 4.06. The van der Waals surface area contributed by atoms with Crippen molar-refractivity contribution >= 4 is 21.1 Å². The molecule has 7 heteroatoms. The van der Waals surface area contributed by atoms with E-state index in [1.54, 1.807) is 0 Å². The van der Waals surface area contributed by atoms with Crippen LogP contribution in [0.4, 0.5) is 0 Å². The normalized spacial score (nSPS) is 12.1. The molecular weight excluding hydrogens is 210 g/mol. The molecule has 14 heavy (non-hydrogen) atoms. The molecule has 0 saturated carbocycles. The number of carbonyl (C=O) groups is 1. The summed E-state index contributed by atoms with van der Waals surface area (Å²) in [5, 5.41) is 19.9. The number of nitrogens with one attached hydrogen (secondary N) is 1. The molecule has 0 spiro atoms. The van der Waals surface area contributed by atoms with E-state index in [-0.39, 0.29) is 0 Å². The zero-order valence-corrected chi connectivity index (χ0v) is 8.54. The number of aliphatic hydroxyl groups is 1. The van der Waals surface area contributed by atoms with Gasteiger partial charge in [-0.3, -0.25) is 4.79 Å². The van der Waals surface area contributed by atoms with Crippen LogP contribution >= 0.6 is 0 Å². The van der Waals surface area contributed by atoms with E-state index in [1.165, 1.54) is 0 Å². The first-order valence-corrected chi connectivity index (χ1v) is 5.14. The standard InChI is InChI=1S/C7H13NO5S/c1-2-3-8-6(7(10)11)5(4-9)14(12)13/h6,8-9H,2-4H2,1H3,(H,10,11)/t6-/m0/s1. The van der Waals surface area contributed by atoms with Crippen LogP contribution in [0.2, 0.25) is 0 Å². The monoisotopic (exact) mass is 223 g/mol. The van der Waals surface area contributed by atoms with Gasteiger partial charge in [-0.15, -0.1) is 0 Å². The van der Waals surface area contributed by atoms with Crippen molar-refractivity contribution in [3.63, 3.8) is 0 Å². The number of aliphatic carboxylic acids is 1. The van der Waals surface area contributed by atoms with Crippen LogP contribution in [0.1, 0.15) is 13.3 Å². The zero-order chi connectivity index (χ0) is 11.1. The van der Waals surface area contributed by atoms with Crippen molar-refractivity contribution in [1.82, 2.24) is 5.32 Å². The third-order valence-electron chi connectivity index (χ3n) is 1.54. The fourth-order valence-corrected chi connectivity index (χ4v) is 1.35. The van der Waals surface area contributed by atoms with Crippen LogP contribution in [-0.2, 0) is 15.1 Å². The van der Waals surface area contributed by atoms with Gasteiger partial charge in [0, 0.05) is 0 Å². The summed E-state index contributed by atoms with van der Waals surface area (Å²) in [6.45, 7) is 1.40. The lowest BCUT2D eigenvalue weighted by atomic mass is 10.2. The molecule has 0 fully saturated rings. The molecule has 82 valence electrons. The molecule has 0 aromatic rings. The van der Waals surface area contributed by atoms with Crippen molar-refractivity contribution in [2.75, 3.05) is 13.2 Å². The fraction of sp³-hybridized carbons (Fsp3) is 0.714. The number of rotatable bonds is 6. The Balaban J connectivity index is 4.82. The average Bonchev–Trinajstić information content (AvgIpc) is 2.10. The first kappa shape index (κ1) is 13.1. The average molecular weight is 223 g/mol. The van der Waals surface area contributed by atoms with Gasteiger partial charge in [0.25, 0.3) is 0 Å². The highest BCUT2D eigenvalue weighted by atomic mass is 32.2. The van der Waals surface area contributed by atoms with Gasteiger partial charge < -0.3 is 15.5 Å². The largest absolute Gasteiger partial charge is 0.480 e. The van der Waals surface area contributed by atoms with E-state index in [2.05, 4.69) is 5.32 Å². The third kappa shape index (κ3) is 3.86. The summed E-state index contributed by atoms with van der Waals surface area (Å²) in [5.41, 5.74) is 0. The summed E-state index contributed by atoms with van der Waals surface area (Å²) in [6, 6.07) is -1.33. The molecule has 0 rings (SSSR count). The lowest BCUT2D eigenvalue weighted by Gasteiger charge is -2.12. The van der Waals surface area contributed by atoms with Crippen LogP contribution in [0.25, 0.3) is 0 Å². The summed E-state index contributed by atoms with van der Waals surface area (Å²) >= 11 is 0.